The van der Waals surface area contributed by atoms with E-state index in [4.69, 9.17) is 11.6 Å². The summed E-state index contributed by atoms with van der Waals surface area (Å²) in [5.41, 5.74) is 2.53. The lowest BCUT2D eigenvalue weighted by atomic mass is 10.1. The first-order valence-electron chi connectivity index (χ1n) is 9.20. The zero-order valence-electron chi connectivity index (χ0n) is 16.2. The summed E-state index contributed by atoms with van der Waals surface area (Å²) >= 11 is 6.17. The molecule has 0 N–H and O–H groups in total. The van der Waals surface area contributed by atoms with Crippen molar-refractivity contribution in [2.75, 3.05) is 4.31 Å². The summed E-state index contributed by atoms with van der Waals surface area (Å²) in [4.78, 5) is 0.0771. The highest BCUT2D eigenvalue weighted by Gasteiger charge is 2.29. The maximum atomic E-state index is 13.8. The number of aromatic nitrogens is 3. The van der Waals surface area contributed by atoms with Crippen molar-refractivity contribution in [3.05, 3.63) is 95.4 Å². The highest BCUT2D eigenvalue weighted by atomic mass is 35.5. The molecular weight excluding hydrogens is 420 g/mol. The van der Waals surface area contributed by atoms with Crippen LogP contribution in [0.3, 0.4) is 0 Å². The Balaban J connectivity index is 1.86. The lowest BCUT2D eigenvalue weighted by Gasteiger charge is -2.25. The fourth-order valence-corrected chi connectivity index (χ4v) is 4.95. The van der Waals surface area contributed by atoms with E-state index in [1.54, 1.807) is 53.9 Å². The van der Waals surface area contributed by atoms with Crippen molar-refractivity contribution in [2.45, 2.75) is 18.4 Å². The predicted octanol–water partition coefficient (Wildman–Crippen LogP) is 4.73. The van der Waals surface area contributed by atoms with Crippen LogP contribution >= 0.6 is 11.6 Å². The number of nitrogens with zero attached hydrogens (tertiary/aromatic N) is 4. The van der Waals surface area contributed by atoms with Crippen LogP contribution in [-0.4, -0.2) is 23.0 Å². The Labute approximate surface area is 180 Å². The molecule has 152 valence electrons. The van der Waals surface area contributed by atoms with E-state index in [2.05, 4.69) is 16.8 Å². The van der Waals surface area contributed by atoms with E-state index in [0.29, 0.717) is 16.5 Å². The number of aryl methyl sites for hydroxylation is 1. The van der Waals surface area contributed by atoms with Gasteiger partial charge in [-0.3, -0.25) is 8.71 Å². The smallest absolute Gasteiger partial charge is 0.268 e. The SMILES string of the molecule is C=Cc1ccc(CN(c2cccc(Cl)c2)S(=O)(=O)c2cccn3c(C)nnc23)cc1. The number of anilines is 1. The van der Waals surface area contributed by atoms with Crippen molar-refractivity contribution < 1.29 is 8.42 Å². The first-order chi connectivity index (χ1) is 14.4. The summed E-state index contributed by atoms with van der Waals surface area (Å²) in [6.45, 7) is 5.66. The summed E-state index contributed by atoms with van der Waals surface area (Å²) in [5.74, 6) is 0.608. The van der Waals surface area contributed by atoms with Gasteiger partial charge in [-0.15, -0.1) is 10.2 Å². The fraction of sp³-hybridized carbons (Fsp3) is 0.0909. The fourth-order valence-electron chi connectivity index (χ4n) is 3.20. The minimum Gasteiger partial charge on any atom is -0.286 e. The van der Waals surface area contributed by atoms with Gasteiger partial charge in [-0.05, 0) is 48.4 Å². The second kappa shape index (κ2) is 7.93. The van der Waals surface area contributed by atoms with Gasteiger partial charge in [-0.2, -0.15) is 0 Å². The Bertz CT molecular complexity index is 1330. The summed E-state index contributed by atoms with van der Waals surface area (Å²) in [6.07, 6.45) is 3.48. The molecule has 30 heavy (non-hydrogen) atoms. The molecule has 0 aliphatic carbocycles. The lowest BCUT2D eigenvalue weighted by Crippen LogP contribution is -2.31. The molecule has 0 unspecified atom stereocenters. The summed E-state index contributed by atoms with van der Waals surface area (Å²) in [7, 11) is -3.97. The number of sulfonamides is 1. The van der Waals surface area contributed by atoms with Gasteiger partial charge in [0.1, 0.15) is 10.7 Å². The van der Waals surface area contributed by atoms with Gasteiger partial charge in [0.2, 0.25) is 0 Å². The molecule has 8 heteroatoms. The highest BCUT2D eigenvalue weighted by Crippen LogP contribution is 2.29. The third kappa shape index (κ3) is 3.69. The zero-order valence-corrected chi connectivity index (χ0v) is 17.8. The number of rotatable bonds is 6. The Kier molecular flexibility index (Phi) is 5.32. The van der Waals surface area contributed by atoms with Gasteiger partial charge < -0.3 is 0 Å². The van der Waals surface area contributed by atoms with Crippen molar-refractivity contribution in [3.8, 4) is 0 Å². The van der Waals surface area contributed by atoms with Gasteiger partial charge in [-0.1, -0.05) is 54.6 Å². The molecule has 0 saturated carbocycles. The Morgan fingerprint density at radius 3 is 2.57 bits per heavy atom. The first kappa shape index (κ1) is 20.1. The van der Waals surface area contributed by atoms with E-state index < -0.39 is 10.0 Å². The van der Waals surface area contributed by atoms with Crippen LogP contribution in [0, 0.1) is 6.92 Å². The van der Waals surface area contributed by atoms with Crippen LogP contribution in [0.2, 0.25) is 5.02 Å². The number of benzene rings is 2. The molecule has 0 spiro atoms. The molecule has 4 aromatic rings. The van der Waals surface area contributed by atoms with Crippen LogP contribution in [0.5, 0.6) is 0 Å². The second-order valence-electron chi connectivity index (χ2n) is 6.75. The zero-order chi connectivity index (χ0) is 21.3. The van der Waals surface area contributed by atoms with Gasteiger partial charge in [0.05, 0.1) is 12.2 Å². The third-order valence-corrected chi connectivity index (χ3v) is 6.80. The maximum absolute atomic E-state index is 13.8. The minimum absolute atomic E-state index is 0.0771. The Morgan fingerprint density at radius 2 is 1.87 bits per heavy atom. The van der Waals surface area contributed by atoms with E-state index in [9.17, 15) is 8.42 Å². The maximum Gasteiger partial charge on any atom is 0.268 e. The van der Waals surface area contributed by atoms with E-state index >= 15 is 0 Å². The summed E-state index contributed by atoms with van der Waals surface area (Å²) in [5, 5.41) is 8.55. The largest absolute Gasteiger partial charge is 0.286 e. The molecule has 2 heterocycles. The average molecular weight is 439 g/mol. The van der Waals surface area contributed by atoms with E-state index in [-0.39, 0.29) is 17.1 Å². The number of halogens is 1. The van der Waals surface area contributed by atoms with Crippen molar-refractivity contribution in [3.63, 3.8) is 0 Å². The van der Waals surface area contributed by atoms with Crippen LogP contribution < -0.4 is 4.31 Å². The van der Waals surface area contributed by atoms with Crippen LogP contribution in [0.15, 0.2) is 78.3 Å². The Morgan fingerprint density at radius 1 is 1.10 bits per heavy atom. The summed E-state index contributed by atoms with van der Waals surface area (Å²) in [6, 6.07) is 17.5. The van der Waals surface area contributed by atoms with E-state index in [0.717, 1.165) is 11.1 Å². The molecule has 2 aromatic heterocycles. The van der Waals surface area contributed by atoms with Crippen LogP contribution in [0.1, 0.15) is 17.0 Å². The highest BCUT2D eigenvalue weighted by molar-refractivity contribution is 7.93. The van der Waals surface area contributed by atoms with Crippen LogP contribution in [0.4, 0.5) is 5.69 Å². The quantitative estimate of drug-likeness (QED) is 0.436. The van der Waals surface area contributed by atoms with Crippen LogP contribution in [0.25, 0.3) is 11.7 Å². The molecule has 0 fully saturated rings. The van der Waals surface area contributed by atoms with Crippen LogP contribution in [-0.2, 0) is 16.6 Å². The average Bonchev–Trinajstić information content (AvgIpc) is 3.13. The van der Waals surface area contributed by atoms with Gasteiger partial charge in [0, 0.05) is 11.2 Å². The number of hydrogen-bond donors (Lipinski definition) is 0. The number of fused-ring (bicyclic) bond motifs is 1. The molecule has 2 aromatic carbocycles. The molecule has 4 rings (SSSR count). The summed E-state index contributed by atoms with van der Waals surface area (Å²) < 4.78 is 30.5. The molecule has 0 bridgehead atoms. The monoisotopic (exact) mass is 438 g/mol. The normalized spacial score (nSPS) is 11.5. The third-order valence-electron chi connectivity index (χ3n) is 4.78. The second-order valence-corrected chi connectivity index (χ2v) is 9.02. The van der Waals surface area contributed by atoms with Crippen molar-refractivity contribution >= 4 is 39.0 Å². The first-order valence-corrected chi connectivity index (χ1v) is 11.0. The van der Waals surface area contributed by atoms with Crippen molar-refractivity contribution in [1.29, 1.82) is 0 Å². The molecule has 0 aliphatic heterocycles. The standard InChI is InChI=1S/C22H19ClN4O2S/c1-3-17-9-11-18(12-10-17)15-27(20-7-4-6-19(23)14-20)30(28,29)21-8-5-13-26-16(2)24-25-22(21)26/h3-14H,1,15H2,2H3. The lowest BCUT2D eigenvalue weighted by molar-refractivity contribution is 0.590. The molecule has 0 aliphatic rings. The van der Waals surface area contributed by atoms with Crippen molar-refractivity contribution in [2.24, 2.45) is 0 Å². The van der Waals surface area contributed by atoms with Crippen molar-refractivity contribution in [1.82, 2.24) is 14.6 Å². The van der Waals surface area contributed by atoms with Gasteiger partial charge >= 0.3 is 0 Å². The van der Waals surface area contributed by atoms with E-state index in [1.165, 1.54) is 10.4 Å². The topological polar surface area (TPSA) is 67.6 Å². The molecule has 0 amide bonds. The molecular formula is C22H19ClN4O2S. The number of hydrogen-bond acceptors (Lipinski definition) is 4. The molecule has 0 atom stereocenters. The predicted molar refractivity (Wildman–Crippen MR) is 119 cm³/mol. The minimum atomic E-state index is -3.97. The van der Waals surface area contributed by atoms with E-state index in [1.807, 2.05) is 24.3 Å². The molecule has 0 saturated heterocycles. The van der Waals surface area contributed by atoms with Gasteiger partial charge in [0.25, 0.3) is 10.0 Å². The van der Waals surface area contributed by atoms with Gasteiger partial charge in [0.15, 0.2) is 5.65 Å². The molecule has 0 radical (unpaired) electrons. The molecule has 6 nitrogen and oxygen atoms in total. The number of pyridine rings is 1. The Hall–Kier alpha value is -3.16. The van der Waals surface area contributed by atoms with Gasteiger partial charge in [-0.25, -0.2) is 8.42 Å².